The Balaban J connectivity index is 0.000000921. The standard InChI is InChI=1S/C17H15FN4O2.C2H5F.H2/c1-3-22-15-5-16(21-9-23)20-6-11(15)4-12(17(22)24)13-7-19-8-14(18)10(13)2;1-2-3;/h4-9H,3H2,1-2H3,(H,20,21,23);2H2,1H3;1H. The lowest BCUT2D eigenvalue weighted by atomic mass is 10.0. The van der Waals surface area contributed by atoms with Gasteiger partial charge in [0.25, 0.3) is 5.56 Å². The second kappa shape index (κ2) is 8.98. The molecule has 0 bridgehead atoms. The Morgan fingerprint density at radius 2 is 1.93 bits per heavy atom. The van der Waals surface area contributed by atoms with E-state index < -0.39 is 5.82 Å². The number of aromatic nitrogens is 3. The molecule has 3 aromatic heterocycles. The Morgan fingerprint density at radius 3 is 2.56 bits per heavy atom. The minimum Gasteiger partial charge on any atom is -0.313 e. The number of fused-ring (bicyclic) bond motifs is 1. The molecule has 1 amide bonds. The molecule has 0 atom stereocenters. The number of carbonyl (C=O) groups is 1. The van der Waals surface area contributed by atoms with Crippen molar-refractivity contribution in [2.45, 2.75) is 27.3 Å². The first-order chi connectivity index (χ1) is 13.0. The average Bonchev–Trinajstić information content (AvgIpc) is 2.65. The fourth-order valence-electron chi connectivity index (χ4n) is 2.69. The number of halogens is 2. The van der Waals surface area contributed by atoms with Gasteiger partial charge in [0.1, 0.15) is 11.6 Å². The number of carbonyl (C=O) groups excluding carboxylic acids is 1. The molecule has 0 aliphatic heterocycles. The Morgan fingerprint density at radius 1 is 1.22 bits per heavy atom. The maximum absolute atomic E-state index is 13.8. The minimum absolute atomic E-state index is 0. The topological polar surface area (TPSA) is 76.9 Å². The quantitative estimate of drug-likeness (QED) is 0.704. The summed E-state index contributed by atoms with van der Waals surface area (Å²) in [6.07, 6.45) is 4.70. The summed E-state index contributed by atoms with van der Waals surface area (Å²) in [5.74, 6) is -0.103. The first-order valence-electron chi connectivity index (χ1n) is 8.38. The molecule has 3 heterocycles. The van der Waals surface area contributed by atoms with Gasteiger partial charge in [-0.25, -0.2) is 9.37 Å². The van der Waals surface area contributed by atoms with E-state index in [1.54, 1.807) is 29.8 Å². The van der Waals surface area contributed by atoms with Gasteiger partial charge in [-0.05, 0) is 32.4 Å². The number of alkyl halides is 1. The van der Waals surface area contributed by atoms with Crippen molar-refractivity contribution in [1.82, 2.24) is 14.5 Å². The van der Waals surface area contributed by atoms with Gasteiger partial charge in [-0.15, -0.1) is 0 Å². The van der Waals surface area contributed by atoms with E-state index in [0.29, 0.717) is 46.4 Å². The summed E-state index contributed by atoms with van der Waals surface area (Å²) in [4.78, 5) is 31.4. The predicted molar refractivity (Wildman–Crippen MR) is 103 cm³/mol. The van der Waals surface area contributed by atoms with Gasteiger partial charge in [-0.2, -0.15) is 0 Å². The van der Waals surface area contributed by atoms with Crippen LogP contribution in [-0.4, -0.2) is 27.6 Å². The van der Waals surface area contributed by atoms with Gasteiger partial charge in [-0.1, -0.05) is 0 Å². The highest BCUT2D eigenvalue weighted by atomic mass is 19.1. The third kappa shape index (κ3) is 4.16. The van der Waals surface area contributed by atoms with Crippen molar-refractivity contribution in [3.63, 3.8) is 0 Å². The highest BCUT2D eigenvalue weighted by molar-refractivity contribution is 5.87. The molecule has 0 aliphatic rings. The van der Waals surface area contributed by atoms with E-state index in [4.69, 9.17) is 0 Å². The molecule has 0 spiro atoms. The van der Waals surface area contributed by atoms with Crippen LogP contribution < -0.4 is 10.9 Å². The third-order valence-electron chi connectivity index (χ3n) is 3.95. The van der Waals surface area contributed by atoms with Crippen molar-refractivity contribution < 1.29 is 15.0 Å². The van der Waals surface area contributed by atoms with Crippen LogP contribution in [0.4, 0.5) is 14.6 Å². The summed E-state index contributed by atoms with van der Waals surface area (Å²) >= 11 is 0. The molecule has 6 nitrogen and oxygen atoms in total. The lowest BCUT2D eigenvalue weighted by molar-refractivity contribution is -0.105. The van der Waals surface area contributed by atoms with Crippen molar-refractivity contribution >= 4 is 23.1 Å². The van der Waals surface area contributed by atoms with Crippen LogP contribution in [0.25, 0.3) is 22.0 Å². The number of nitrogens with zero attached hydrogens (tertiary/aromatic N) is 3. The molecule has 0 unspecified atom stereocenters. The van der Waals surface area contributed by atoms with E-state index >= 15 is 0 Å². The zero-order valence-electron chi connectivity index (χ0n) is 15.3. The molecule has 0 radical (unpaired) electrons. The zero-order chi connectivity index (χ0) is 20.0. The molecule has 144 valence electrons. The van der Waals surface area contributed by atoms with Crippen molar-refractivity contribution in [3.8, 4) is 11.1 Å². The number of hydrogen-bond donors (Lipinski definition) is 1. The smallest absolute Gasteiger partial charge is 0.258 e. The van der Waals surface area contributed by atoms with Crippen LogP contribution in [0.15, 0.2) is 35.5 Å². The van der Waals surface area contributed by atoms with Crippen molar-refractivity contribution in [2.24, 2.45) is 0 Å². The van der Waals surface area contributed by atoms with Crippen LogP contribution in [-0.2, 0) is 11.3 Å². The minimum atomic E-state index is -0.460. The van der Waals surface area contributed by atoms with Crippen LogP contribution in [0.1, 0.15) is 20.8 Å². The Bertz CT molecular complexity index is 1020. The average molecular weight is 376 g/mol. The molecular formula is C19H22F2N4O2. The SMILES string of the molecule is CCF.CCn1c(=O)c(-c2cncc(F)c2C)cc2cnc(NC=O)cc21.[HH]. The molecular weight excluding hydrogens is 354 g/mol. The zero-order valence-corrected chi connectivity index (χ0v) is 15.3. The van der Waals surface area contributed by atoms with Crippen molar-refractivity contribution in [3.05, 3.63) is 52.5 Å². The first-order valence-corrected chi connectivity index (χ1v) is 8.38. The number of amides is 1. The van der Waals surface area contributed by atoms with E-state index in [9.17, 15) is 18.4 Å². The number of hydrogen-bond acceptors (Lipinski definition) is 4. The van der Waals surface area contributed by atoms with Crippen LogP contribution >= 0.6 is 0 Å². The molecule has 1 N–H and O–H groups in total. The summed E-state index contributed by atoms with van der Waals surface area (Å²) in [5, 5.41) is 3.18. The summed E-state index contributed by atoms with van der Waals surface area (Å²) in [6.45, 7) is 5.09. The summed E-state index contributed by atoms with van der Waals surface area (Å²) in [6, 6.07) is 3.31. The maximum atomic E-state index is 13.8. The Labute approximate surface area is 156 Å². The van der Waals surface area contributed by atoms with E-state index in [-0.39, 0.29) is 13.7 Å². The third-order valence-corrected chi connectivity index (χ3v) is 3.95. The van der Waals surface area contributed by atoms with Gasteiger partial charge >= 0.3 is 0 Å². The lowest BCUT2D eigenvalue weighted by Gasteiger charge is -2.13. The fourth-order valence-corrected chi connectivity index (χ4v) is 2.69. The van der Waals surface area contributed by atoms with Gasteiger partial charge in [0.2, 0.25) is 6.41 Å². The van der Waals surface area contributed by atoms with Gasteiger partial charge in [0.05, 0.1) is 18.4 Å². The Hall–Kier alpha value is -3.16. The fraction of sp³-hybridized carbons (Fsp3) is 0.263. The van der Waals surface area contributed by atoms with E-state index in [1.807, 2.05) is 6.92 Å². The number of rotatable bonds is 4. The number of pyridine rings is 3. The second-order valence-corrected chi connectivity index (χ2v) is 5.56. The van der Waals surface area contributed by atoms with Crippen molar-refractivity contribution in [2.75, 3.05) is 12.0 Å². The molecule has 0 aromatic carbocycles. The molecule has 3 aromatic rings. The number of aryl methyl sites for hydroxylation is 1. The number of anilines is 1. The van der Waals surface area contributed by atoms with Gasteiger partial charge in [0, 0.05) is 42.9 Å². The molecule has 3 rings (SSSR count). The maximum Gasteiger partial charge on any atom is 0.258 e. The van der Waals surface area contributed by atoms with E-state index in [0.717, 1.165) is 6.20 Å². The predicted octanol–water partition coefficient (Wildman–Crippen LogP) is 3.72. The monoisotopic (exact) mass is 376 g/mol. The normalized spacial score (nSPS) is 10.3. The van der Waals surface area contributed by atoms with Crippen LogP contribution in [0, 0.1) is 12.7 Å². The molecule has 0 saturated heterocycles. The van der Waals surface area contributed by atoms with Crippen LogP contribution in [0.3, 0.4) is 0 Å². The van der Waals surface area contributed by atoms with Gasteiger partial charge in [-0.3, -0.25) is 19.0 Å². The molecule has 0 saturated carbocycles. The molecule has 0 fully saturated rings. The van der Waals surface area contributed by atoms with E-state index in [2.05, 4.69) is 15.3 Å². The van der Waals surface area contributed by atoms with Crippen LogP contribution in [0.2, 0.25) is 0 Å². The summed E-state index contributed by atoms with van der Waals surface area (Å²) in [5.41, 5.74) is 1.60. The van der Waals surface area contributed by atoms with E-state index in [1.165, 1.54) is 13.1 Å². The second-order valence-electron chi connectivity index (χ2n) is 5.56. The summed E-state index contributed by atoms with van der Waals surface area (Å²) < 4.78 is 25.7. The Kier molecular flexibility index (Phi) is 6.70. The summed E-state index contributed by atoms with van der Waals surface area (Å²) in [7, 11) is 0. The molecule has 0 aliphatic carbocycles. The highest BCUT2D eigenvalue weighted by Crippen LogP contribution is 2.25. The number of nitrogens with one attached hydrogen (secondary N) is 1. The lowest BCUT2D eigenvalue weighted by Crippen LogP contribution is -2.22. The van der Waals surface area contributed by atoms with Gasteiger partial charge in [0.15, 0.2) is 0 Å². The molecule has 27 heavy (non-hydrogen) atoms. The molecule has 8 heteroatoms. The first kappa shape index (κ1) is 20.2. The van der Waals surface area contributed by atoms with Crippen molar-refractivity contribution in [1.29, 1.82) is 0 Å². The van der Waals surface area contributed by atoms with Crippen LogP contribution in [0.5, 0.6) is 0 Å². The van der Waals surface area contributed by atoms with Gasteiger partial charge < -0.3 is 9.88 Å². The largest absolute Gasteiger partial charge is 0.313 e. The highest BCUT2D eigenvalue weighted by Gasteiger charge is 2.15.